The first kappa shape index (κ1) is 18.7. The average Bonchev–Trinajstić information content (AvgIpc) is 3.17. The number of fused-ring (bicyclic) bond motifs is 1. The molecule has 1 amide bonds. The summed E-state index contributed by atoms with van der Waals surface area (Å²) in [6, 6.07) is 13.1. The Morgan fingerprint density at radius 1 is 1.07 bits per heavy atom. The van der Waals surface area contributed by atoms with Gasteiger partial charge in [0.2, 0.25) is 6.79 Å². The highest BCUT2D eigenvalue weighted by Gasteiger charge is 2.16. The van der Waals surface area contributed by atoms with Crippen LogP contribution < -0.4 is 20.1 Å². The molecule has 0 saturated heterocycles. The van der Waals surface area contributed by atoms with Crippen LogP contribution in [0.25, 0.3) is 0 Å². The minimum absolute atomic E-state index is 0.171. The fraction of sp³-hybridized carbons (Fsp3) is 0.190. The molecule has 1 aliphatic heterocycles. The number of benzene rings is 2. The molecule has 2 aromatic carbocycles. The smallest absolute Gasteiger partial charge is 0.274 e. The van der Waals surface area contributed by atoms with Crippen LogP contribution in [0.5, 0.6) is 11.5 Å². The number of carbonyl (C=O) groups excluding carboxylic acids is 1. The van der Waals surface area contributed by atoms with E-state index in [9.17, 15) is 9.18 Å². The molecule has 0 saturated carbocycles. The molecule has 1 aromatic heterocycles. The normalized spacial score (nSPS) is 11.9. The van der Waals surface area contributed by atoms with Crippen LogP contribution in [0.3, 0.4) is 0 Å². The lowest BCUT2D eigenvalue weighted by atomic mass is 10.1. The molecule has 0 fully saturated rings. The Balaban J connectivity index is 1.40. The lowest BCUT2D eigenvalue weighted by molar-refractivity contribution is 0.102. The minimum Gasteiger partial charge on any atom is -0.454 e. The molecule has 0 unspecified atom stereocenters. The number of nitrogens with one attached hydrogen (secondary N) is 2. The summed E-state index contributed by atoms with van der Waals surface area (Å²) in [5, 5.41) is 5.98. The SMILES string of the molecule is Cc1nc(NCCc2ccc(F)cc2)cc(C(=O)Nc2ccc3c(c2)OCO3)n1. The van der Waals surface area contributed by atoms with Gasteiger partial charge in [-0.05, 0) is 43.2 Å². The lowest BCUT2D eigenvalue weighted by Gasteiger charge is -2.10. The summed E-state index contributed by atoms with van der Waals surface area (Å²) in [4.78, 5) is 21.1. The summed E-state index contributed by atoms with van der Waals surface area (Å²) in [6.07, 6.45) is 0.696. The Morgan fingerprint density at radius 2 is 1.86 bits per heavy atom. The maximum atomic E-state index is 13.0. The second-order valence-electron chi connectivity index (χ2n) is 6.51. The Bertz CT molecular complexity index is 1040. The highest BCUT2D eigenvalue weighted by atomic mass is 19.1. The van der Waals surface area contributed by atoms with Gasteiger partial charge in [-0.2, -0.15) is 0 Å². The summed E-state index contributed by atoms with van der Waals surface area (Å²) < 4.78 is 23.6. The number of carbonyl (C=O) groups is 1. The molecule has 0 aliphatic carbocycles. The highest BCUT2D eigenvalue weighted by molar-refractivity contribution is 6.03. The molecule has 8 heteroatoms. The fourth-order valence-corrected chi connectivity index (χ4v) is 2.93. The van der Waals surface area contributed by atoms with Crippen molar-refractivity contribution in [1.82, 2.24) is 9.97 Å². The zero-order valence-corrected chi connectivity index (χ0v) is 15.7. The van der Waals surface area contributed by atoms with Crippen molar-refractivity contribution in [2.45, 2.75) is 13.3 Å². The monoisotopic (exact) mass is 394 g/mol. The second-order valence-corrected chi connectivity index (χ2v) is 6.51. The van der Waals surface area contributed by atoms with Gasteiger partial charge in [0.05, 0.1) is 0 Å². The number of amides is 1. The summed E-state index contributed by atoms with van der Waals surface area (Å²) in [5.74, 6) is 1.66. The van der Waals surface area contributed by atoms with E-state index in [4.69, 9.17) is 9.47 Å². The van der Waals surface area contributed by atoms with Gasteiger partial charge < -0.3 is 20.1 Å². The number of aryl methyl sites for hydroxylation is 1. The van der Waals surface area contributed by atoms with Crippen molar-refractivity contribution in [3.05, 3.63) is 71.4 Å². The van der Waals surface area contributed by atoms with Gasteiger partial charge in [0, 0.05) is 24.4 Å². The molecule has 2 N–H and O–H groups in total. The molecular formula is C21H19FN4O3. The van der Waals surface area contributed by atoms with E-state index < -0.39 is 0 Å². The average molecular weight is 394 g/mol. The van der Waals surface area contributed by atoms with Crippen molar-refractivity contribution < 1.29 is 18.7 Å². The van der Waals surface area contributed by atoms with Crippen LogP contribution in [-0.2, 0) is 6.42 Å². The summed E-state index contributed by atoms with van der Waals surface area (Å²) in [6.45, 7) is 2.48. The van der Waals surface area contributed by atoms with E-state index >= 15 is 0 Å². The molecule has 0 spiro atoms. The van der Waals surface area contributed by atoms with Crippen LogP contribution in [0.1, 0.15) is 21.9 Å². The van der Waals surface area contributed by atoms with Crippen LogP contribution in [-0.4, -0.2) is 29.2 Å². The largest absolute Gasteiger partial charge is 0.454 e. The number of rotatable bonds is 6. The number of nitrogens with zero attached hydrogens (tertiary/aromatic N) is 2. The first-order valence-electron chi connectivity index (χ1n) is 9.12. The quantitative estimate of drug-likeness (QED) is 0.665. The molecule has 3 aromatic rings. The third-order valence-electron chi connectivity index (χ3n) is 4.33. The summed E-state index contributed by atoms with van der Waals surface area (Å²) >= 11 is 0. The standard InChI is InChI=1S/C21H19FN4O3/c1-13-24-17(21(27)26-16-6-7-18-19(10-16)29-12-28-18)11-20(25-13)23-9-8-14-2-4-15(22)5-3-14/h2-7,10-11H,8-9,12H2,1H3,(H,26,27)(H,23,24,25). The fourth-order valence-electron chi connectivity index (χ4n) is 2.93. The second kappa shape index (κ2) is 8.14. The Hall–Kier alpha value is -3.68. The molecule has 1 aliphatic rings. The third-order valence-corrected chi connectivity index (χ3v) is 4.33. The number of hydrogen-bond donors (Lipinski definition) is 2. The van der Waals surface area contributed by atoms with Crippen LogP contribution >= 0.6 is 0 Å². The number of anilines is 2. The van der Waals surface area contributed by atoms with E-state index in [1.165, 1.54) is 12.1 Å². The van der Waals surface area contributed by atoms with Crippen LogP contribution in [0.4, 0.5) is 15.9 Å². The Labute approximate surface area is 166 Å². The van der Waals surface area contributed by atoms with Crippen molar-refractivity contribution in [1.29, 1.82) is 0 Å². The zero-order valence-electron chi connectivity index (χ0n) is 15.7. The van der Waals surface area contributed by atoms with Gasteiger partial charge in [0.25, 0.3) is 5.91 Å². The molecule has 4 rings (SSSR count). The van der Waals surface area contributed by atoms with E-state index in [1.807, 2.05) is 0 Å². The molecule has 0 radical (unpaired) electrons. The maximum Gasteiger partial charge on any atom is 0.274 e. The summed E-state index contributed by atoms with van der Waals surface area (Å²) in [7, 11) is 0. The Morgan fingerprint density at radius 3 is 2.69 bits per heavy atom. The van der Waals surface area contributed by atoms with E-state index in [-0.39, 0.29) is 24.2 Å². The van der Waals surface area contributed by atoms with Gasteiger partial charge in [0.1, 0.15) is 23.2 Å². The molecular weight excluding hydrogens is 375 g/mol. The van der Waals surface area contributed by atoms with Gasteiger partial charge in [0.15, 0.2) is 11.5 Å². The molecule has 7 nitrogen and oxygen atoms in total. The van der Waals surface area contributed by atoms with Gasteiger partial charge in [-0.25, -0.2) is 14.4 Å². The van der Waals surface area contributed by atoms with Crippen molar-refractivity contribution in [3.8, 4) is 11.5 Å². The lowest BCUT2D eigenvalue weighted by Crippen LogP contribution is -2.16. The third kappa shape index (κ3) is 4.60. The van der Waals surface area contributed by atoms with Crippen LogP contribution in [0.2, 0.25) is 0 Å². The molecule has 0 atom stereocenters. The van der Waals surface area contributed by atoms with E-state index in [0.717, 1.165) is 5.56 Å². The van der Waals surface area contributed by atoms with Crippen molar-refractivity contribution >= 4 is 17.4 Å². The predicted octanol–water partition coefficient (Wildman–Crippen LogP) is 3.56. The van der Waals surface area contributed by atoms with Gasteiger partial charge >= 0.3 is 0 Å². The van der Waals surface area contributed by atoms with E-state index in [1.54, 1.807) is 43.3 Å². The first-order chi connectivity index (χ1) is 14.1. The predicted molar refractivity (Wildman–Crippen MR) is 106 cm³/mol. The van der Waals surface area contributed by atoms with Gasteiger partial charge in [-0.15, -0.1) is 0 Å². The van der Waals surface area contributed by atoms with E-state index in [0.29, 0.717) is 41.8 Å². The highest BCUT2D eigenvalue weighted by Crippen LogP contribution is 2.34. The van der Waals surface area contributed by atoms with E-state index in [2.05, 4.69) is 20.6 Å². The van der Waals surface area contributed by atoms with Crippen molar-refractivity contribution in [3.63, 3.8) is 0 Å². The number of halogens is 1. The molecule has 148 valence electrons. The first-order valence-corrected chi connectivity index (χ1v) is 9.12. The molecule has 2 heterocycles. The Kier molecular flexibility index (Phi) is 5.24. The summed E-state index contributed by atoms with van der Waals surface area (Å²) in [5.41, 5.74) is 1.84. The van der Waals surface area contributed by atoms with Gasteiger partial charge in [-0.1, -0.05) is 12.1 Å². The number of aromatic nitrogens is 2. The minimum atomic E-state index is -0.351. The van der Waals surface area contributed by atoms with Crippen LogP contribution in [0.15, 0.2) is 48.5 Å². The zero-order chi connectivity index (χ0) is 20.2. The topological polar surface area (TPSA) is 85.4 Å². The van der Waals surface area contributed by atoms with Crippen molar-refractivity contribution in [2.24, 2.45) is 0 Å². The van der Waals surface area contributed by atoms with Crippen LogP contribution in [0, 0.1) is 12.7 Å². The van der Waals surface area contributed by atoms with Crippen molar-refractivity contribution in [2.75, 3.05) is 24.0 Å². The van der Waals surface area contributed by atoms with Gasteiger partial charge in [-0.3, -0.25) is 4.79 Å². The number of hydrogen-bond acceptors (Lipinski definition) is 6. The molecule has 0 bridgehead atoms. The number of ether oxygens (including phenoxy) is 2. The molecule has 29 heavy (non-hydrogen) atoms. The maximum absolute atomic E-state index is 13.0.